The Labute approximate surface area is 106 Å². The SMILES string of the molecule is FC(F)(F)CCCNC(c1ccccc1)C(F)(F)F. The fraction of sp³-hybridized carbons (Fsp3) is 0.500. The van der Waals surface area contributed by atoms with Gasteiger partial charge in [0.2, 0.25) is 0 Å². The molecule has 0 heterocycles. The number of rotatable bonds is 5. The third kappa shape index (κ3) is 5.96. The van der Waals surface area contributed by atoms with Crippen LogP contribution >= 0.6 is 0 Å². The standard InChI is InChI=1S/C12H13F6N/c13-11(14,15)7-4-8-19-10(12(16,17)18)9-5-2-1-3-6-9/h1-3,5-6,10,19H,4,7-8H2. The largest absolute Gasteiger partial charge is 0.407 e. The van der Waals surface area contributed by atoms with Crippen LogP contribution in [0, 0.1) is 0 Å². The van der Waals surface area contributed by atoms with Gasteiger partial charge in [-0.2, -0.15) is 26.3 Å². The van der Waals surface area contributed by atoms with Crippen LogP contribution in [0.5, 0.6) is 0 Å². The summed E-state index contributed by atoms with van der Waals surface area (Å²) in [6.45, 7) is -0.349. The van der Waals surface area contributed by atoms with E-state index < -0.39 is 24.8 Å². The number of hydrogen-bond acceptors (Lipinski definition) is 1. The van der Waals surface area contributed by atoms with Crippen molar-refractivity contribution in [1.29, 1.82) is 0 Å². The van der Waals surface area contributed by atoms with Gasteiger partial charge >= 0.3 is 12.4 Å². The average molecular weight is 285 g/mol. The Morgan fingerprint density at radius 2 is 1.53 bits per heavy atom. The van der Waals surface area contributed by atoms with Gasteiger partial charge < -0.3 is 5.32 Å². The first-order valence-electron chi connectivity index (χ1n) is 5.62. The van der Waals surface area contributed by atoms with Crippen molar-refractivity contribution < 1.29 is 26.3 Å². The van der Waals surface area contributed by atoms with E-state index in [0.29, 0.717) is 0 Å². The molecule has 19 heavy (non-hydrogen) atoms. The predicted octanol–water partition coefficient (Wildman–Crippen LogP) is 4.22. The Balaban J connectivity index is 2.58. The molecule has 0 radical (unpaired) electrons. The zero-order chi connectivity index (χ0) is 14.5. The quantitative estimate of drug-likeness (QED) is 0.631. The first-order valence-corrected chi connectivity index (χ1v) is 5.62. The van der Waals surface area contributed by atoms with Gasteiger partial charge in [0.25, 0.3) is 0 Å². The number of hydrogen-bond donors (Lipinski definition) is 1. The van der Waals surface area contributed by atoms with Crippen LogP contribution in [0.3, 0.4) is 0 Å². The maximum absolute atomic E-state index is 12.8. The molecule has 1 aromatic carbocycles. The van der Waals surface area contributed by atoms with Gasteiger partial charge in [0.1, 0.15) is 6.04 Å². The molecule has 1 rings (SSSR count). The summed E-state index contributed by atoms with van der Waals surface area (Å²) in [5.74, 6) is 0. The van der Waals surface area contributed by atoms with Gasteiger partial charge in [0, 0.05) is 6.42 Å². The number of halogens is 6. The summed E-state index contributed by atoms with van der Waals surface area (Å²) in [6.07, 6.45) is -10.4. The molecule has 1 atom stereocenters. The Morgan fingerprint density at radius 1 is 0.947 bits per heavy atom. The highest BCUT2D eigenvalue weighted by molar-refractivity contribution is 5.20. The van der Waals surface area contributed by atoms with E-state index in [4.69, 9.17) is 0 Å². The molecule has 108 valence electrons. The lowest BCUT2D eigenvalue weighted by molar-refractivity contribution is -0.158. The van der Waals surface area contributed by atoms with E-state index in [2.05, 4.69) is 5.32 Å². The number of benzene rings is 1. The summed E-state index contributed by atoms with van der Waals surface area (Å²) < 4.78 is 74.0. The summed E-state index contributed by atoms with van der Waals surface area (Å²) >= 11 is 0. The van der Waals surface area contributed by atoms with Crippen molar-refractivity contribution in [2.75, 3.05) is 6.54 Å². The lowest BCUT2D eigenvalue weighted by Gasteiger charge is -2.22. The van der Waals surface area contributed by atoms with Gasteiger partial charge in [-0.25, -0.2) is 0 Å². The van der Waals surface area contributed by atoms with Crippen LogP contribution in [0.2, 0.25) is 0 Å². The van der Waals surface area contributed by atoms with Gasteiger partial charge in [0.15, 0.2) is 0 Å². The second-order valence-corrected chi connectivity index (χ2v) is 4.06. The Kier molecular flexibility index (Phi) is 5.22. The lowest BCUT2D eigenvalue weighted by atomic mass is 10.1. The second-order valence-electron chi connectivity index (χ2n) is 4.06. The van der Waals surface area contributed by atoms with Crippen LogP contribution in [0.15, 0.2) is 30.3 Å². The third-order valence-electron chi connectivity index (χ3n) is 2.45. The highest BCUT2D eigenvalue weighted by Crippen LogP contribution is 2.32. The fourth-order valence-corrected chi connectivity index (χ4v) is 1.60. The summed E-state index contributed by atoms with van der Waals surface area (Å²) in [6, 6.07) is 5.10. The maximum Gasteiger partial charge on any atom is 0.407 e. The average Bonchev–Trinajstić information content (AvgIpc) is 2.26. The van der Waals surface area contributed by atoms with Crippen molar-refractivity contribution in [3.05, 3.63) is 35.9 Å². The summed E-state index contributed by atoms with van der Waals surface area (Å²) in [5.41, 5.74) is -0.0120. The zero-order valence-electron chi connectivity index (χ0n) is 9.85. The van der Waals surface area contributed by atoms with Crippen LogP contribution in [0.25, 0.3) is 0 Å². The first kappa shape index (κ1) is 15.8. The molecule has 0 saturated carbocycles. The van der Waals surface area contributed by atoms with E-state index in [1.54, 1.807) is 6.07 Å². The maximum atomic E-state index is 12.8. The normalized spacial score (nSPS) is 14.4. The van der Waals surface area contributed by atoms with Crippen molar-refractivity contribution in [2.45, 2.75) is 31.2 Å². The molecule has 0 amide bonds. The fourth-order valence-electron chi connectivity index (χ4n) is 1.60. The molecular weight excluding hydrogens is 272 g/mol. The highest BCUT2D eigenvalue weighted by Gasteiger charge is 2.40. The molecule has 1 N–H and O–H groups in total. The van der Waals surface area contributed by atoms with Gasteiger partial charge in [-0.1, -0.05) is 30.3 Å². The van der Waals surface area contributed by atoms with Crippen molar-refractivity contribution in [2.24, 2.45) is 0 Å². The van der Waals surface area contributed by atoms with Gasteiger partial charge in [-0.15, -0.1) is 0 Å². The summed E-state index contributed by atoms with van der Waals surface area (Å²) in [4.78, 5) is 0. The van der Waals surface area contributed by atoms with Crippen molar-refractivity contribution in [1.82, 2.24) is 5.32 Å². The minimum absolute atomic E-state index is 0.0120. The van der Waals surface area contributed by atoms with E-state index in [0.717, 1.165) is 0 Å². The molecule has 0 saturated heterocycles. The van der Waals surface area contributed by atoms with Crippen molar-refractivity contribution >= 4 is 0 Å². The molecule has 1 unspecified atom stereocenters. The van der Waals surface area contributed by atoms with E-state index in [-0.39, 0.29) is 18.5 Å². The molecule has 7 heteroatoms. The minimum Gasteiger partial charge on any atom is -0.302 e. The van der Waals surface area contributed by atoms with E-state index in [1.165, 1.54) is 24.3 Å². The molecule has 0 fully saturated rings. The smallest absolute Gasteiger partial charge is 0.302 e. The molecule has 1 nitrogen and oxygen atoms in total. The highest BCUT2D eigenvalue weighted by atomic mass is 19.4. The van der Waals surface area contributed by atoms with Gasteiger partial charge in [-0.3, -0.25) is 0 Å². The molecule has 0 aliphatic heterocycles. The lowest BCUT2D eigenvalue weighted by Crippen LogP contribution is -2.35. The summed E-state index contributed by atoms with van der Waals surface area (Å²) in [5, 5.41) is 2.12. The number of alkyl halides is 6. The van der Waals surface area contributed by atoms with E-state index >= 15 is 0 Å². The summed E-state index contributed by atoms with van der Waals surface area (Å²) in [7, 11) is 0. The molecule has 0 spiro atoms. The molecule has 0 aliphatic carbocycles. The Morgan fingerprint density at radius 3 is 2.00 bits per heavy atom. The Hall–Kier alpha value is -1.24. The molecular formula is C12H13F6N. The van der Waals surface area contributed by atoms with Crippen molar-refractivity contribution in [3.8, 4) is 0 Å². The Bertz CT molecular complexity index is 370. The van der Waals surface area contributed by atoms with Gasteiger partial charge in [0.05, 0.1) is 0 Å². The second kappa shape index (κ2) is 6.27. The number of nitrogens with one attached hydrogen (secondary N) is 1. The zero-order valence-corrected chi connectivity index (χ0v) is 9.85. The van der Waals surface area contributed by atoms with Crippen LogP contribution in [0.4, 0.5) is 26.3 Å². The molecule has 0 bridgehead atoms. The van der Waals surface area contributed by atoms with E-state index in [1.807, 2.05) is 0 Å². The predicted molar refractivity (Wildman–Crippen MR) is 58.5 cm³/mol. The topological polar surface area (TPSA) is 12.0 Å². The first-order chi connectivity index (χ1) is 8.70. The monoisotopic (exact) mass is 285 g/mol. The van der Waals surface area contributed by atoms with Crippen LogP contribution < -0.4 is 5.32 Å². The van der Waals surface area contributed by atoms with Crippen LogP contribution in [-0.4, -0.2) is 18.9 Å². The van der Waals surface area contributed by atoms with Gasteiger partial charge in [-0.05, 0) is 18.5 Å². The third-order valence-corrected chi connectivity index (χ3v) is 2.45. The molecule has 0 aromatic heterocycles. The van der Waals surface area contributed by atoms with Crippen molar-refractivity contribution in [3.63, 3.8) is 0 Å². The van der Waals surface area contributed by atoms with E-state index in [9.17, 15) is 26.3 Å². The minimum atomic E-state index is -4.54. The van der Waals surface area contributed by atoms with Crippen LogP contribution in [-0.2, 0) is 0 Å². The molecule has 1 aromatic rings. The molecule has 0 aliphatic rings. The van der Waals surface area contributed by atoms with Crippen LogP contribution in [0.1, 0.15) is 24.4 Å².